The molecule has 5 rings (SSSR count). The fraction of sp³-hybridized carbons (Fsp3) is 0.0385. The van der Waals surface area contributed by atoms with Gasteiger partial charge in [-0.1, -0.05) is 60.7 Å². The number of hydrogen-bond acceptors (Lipinski definition) is 5. The van der Waals surface area contributed by atoms with Crippen LogP contribution in [0.15, 0.2) is 91.0 Å². The van der Waals surface area contributed by atoms with Crippen molar-refractivity contribution >= 4 is 17.3 Å². The van der Waals surface area contributed by atoms with E-state index in [1.807, 2.05) is 6.07 Å². The van der Waals surface area contributed by atoms with E-state index in [4.69, 9.17) is 0 Å². The topological polar surface area (TPSA) is 124 Å². The first-order valence-corrected chi connectivity index (χ1v) is 10.3. The van der Waals surface area contributed by atoms with Crippen molar-refractivity contribution in [2.45, 2.75) is 5.41 Å². The molecular weight excluding hydrogens is 436 g/mol. The molecule has 8 nitrogen and oxygen atoms in total. The number of carbonyl (C=O) groups is 1. The highest BCUT2D eigenvalue weighted by Crippen LogP contribution is 2.57. The molecule has 34 heavy (non-hydrogen) atoms. The number of carboxylic acid groups (broad SMARTS) is 1. The maximum absolute atomic E-state index is 12.2. The molecule has 0 amide bonds. The summed E-state index contributed by atoms with van der Waals surface area (Å²) in [6.45, 7) is 0. The average Bonchev–Trinajstić information content (AvgIpc) is 3.15. The van der Waals surface area contributed by atoms with E-state index < -0.39 is 21.2 Å². The monoisotopic (exact) mass is 452 g/mol. The number of aromatic carboxylic acids is 1. The van der Waals surface area contributed by atoms with Crippen LogP contribution in [-0.4, -0.2) is 20.9 Å². The van der Waals surface area contributed by atoms with Gasteiger partial charge in [-0.25, -0.2) is 4.79 Å². The second kappa shape index (κ2) is 7.63. The summed E-state index contributed by atoms with van der Waals surface area (Å²) in [5, 5.41) is 33.2. The minimum Gasteiger partial charge on any atom is -0.478 e. The van der Waals surface area contributed by atoms with Crippen molar-refractivity contribution in [3.8, 4) is 11.1 Å². The van der Waals surface area contributed by atoms with E-state index in [1.165, 1.54) is 30.3 Å². The summed E-state index contributed by atoms with van der Waals surface area (Å²) in [6.07, 6.45) is 0. The van der Waals surface area contributed by atoms with E-state index in [0.29, 0.717) is 33.4 Å². The molecule has 0 unspecified atom stereocenters. The molecule has 0 saturated heterocycles. The Morgan fingerprint density at radius 3 is 1.79 bits per heavy atom. The third kappa shape index (κ3) is 2.89. The zero-order chi connectivity index (χ0) is 24.0. The number of non-ortho nitro benzene ring substituents is 2. The number of hydrogen-bond donors (Lipinski definition) is 1. The van der Waals surface area contributed by atoms with E-state index in [1.54, 1.807) is 54.6 Å². The summed E-state index contributed by atoms with van der Waals surface area (Å²) >= 11 is 0. The Balaban J connectivity index is 1.99. The van der Waals surface area contributed by atoms with Crippen LogP contribution in [-0.2, 0) is 5.41 Å². The predicted octanol–water partition coefficient (Wildman–Crippen LogP) is 5.56. The largest absolute Gasteiger partial charge is 0.478 e. The smallest absolute Gasteiger partial charge is 0.336 e. The molecule has 1 aliphatic carbocycles. The minimum absolute atomic E-state index is 0.0858. The van der Waals surface area contributed by atoms with Gasteiger partial charge in [-0.2, -0.15) is 0 Å². The maximum atomic E-state index is 12.2. The Labute approximate surface area is 193 Å². The van der Waals surface area contributed by atoms with Gasteiger partial charge in [0.15, 0.2) is 0 Å². The molecule has 0 fully saturated rings. The third-order valence-electron chi connectivity index (χ3n) is 6.28. The van der Waals surface area contributed by atoms with Crippen molar-refractivity contribution in [1.82, 2.24) is 0 Å². The second-order valence-corrected chi connectivity index (χ2v) is 7.94. The molecule has 0 aliphatic heterocycles. The predicted molar refractivity (Wildman–Crippen MR) is 124 cm³/mol. The third-order valence-corrected chi connectivity index (χ3v) is 6.28. The van der Waals surface area contributed by atoms with E-state index in [2.05, 4.69) is 0 Å². The van der Waals surface area contributed by atoms with E-state index in [9.17, 15) is 30.1 Å². The van der Waals surface area contributed by atoms with Gasteiger partial charge in [-0.05, 0) is 33.9 Å². The molecule has 0 bridgehead atoms. The summed E-state index contributed by atoms with van der Waals surface area (Å²) in [7, 11) is 0. The first-order chi connectivity index (χ1) is 16.4. The zero-order valence-electron chi connectivity index (χ0n) is 17.5. The highest BCUT2D eigenvalue weighted by molar-refractivity contribution is 6.01. The molecule has 0 saturated carbocycles. The lowest BCUT2D eigenvalue weighted by molar-refractivity contribution is -0.385. The summed E-state index contributed by atoms with van der Waals surface area (Å²) in [5.74, 6) is -1.11. The van der Waals surface area contributed by atoms with E-state index in [0.717, 1.165) is 0 Å². The van der Waals surface area contributed by atoms with Crippen molar-refractivity contribution in [2.24, 2.45) is 0 Å². The summed E-state index contributed by atoms with van der Waals surface area (Å²) in [5.41, 5.74) is 2.07. The van der Waals surface area contributed by atoms with Crippen LogP contribution in [0.5, 0.6) is 0 Å². The zero-order valence-corrected chi connectivity index (χ0v) is 17.5. The van der Waals surface area contributed by atoms with Gasteiger partial charge in [0.2, 0.25) is 0 Å². The molecule has 0 radical (unpaired) electrons. The number of nitrogens with zero attached hydrogens (tertiary/aromatic N) is 2. The summed E-state index contributed by atoms with van der Waals surface area (Å²) in [4.78, 5) is 34.4. The fourth-order valence-electron chi connectivity index (χ4n) is 5.00. The average molecular weight is 452 g/mol. The van der Waals surface area contributed by atoms with Crippen LogP contribution in [0.4, 0.5) is 11.4 Å². The van der Waals surface area contributed by atoms with Crippen molar-refractivity contribution < 1.29 is 19.7 Å². The van der Waals surface area contributed by atoms with Crippen LogP contribution < -0.4 is 0 Å². The van der Waals surface area contributed by atoms with Gasteiger partial charge < -0.3 is 5.11 Å². The molecule has 4 aromatic rings. The van der Waals surface area contributed by atoms with Crippen LogP contribution in [0, 0.1) is 20.2 Å². The minimum atomic E-state index is -1.20. The second-order valence-electron chi connectivity index (χ2n) is 7.94. The maximum Gasteiger partial charge on any atom is 0.336 e. The fourth-order valence-corrected chi connectivity index (χ4v) is 5.00. The molecule has 166 valence electrons. The van der Waals surface area contributed by atoms with Crippen LogP contribution in [0.25, 0.3) is 11.1 Å². The molecular formula is C26H16N2O6. The molecule has 0 spiro atoms. The molecule has 4 aromatic carbocycles. The van der Waals surface area contributed by atoms with Gasteiger partial charge in [0.1, 0.15) is 0 Å². The number of carboxylic acids is 1. The SMILES string of the molecule is O=C(O)c1cccc2c1-c1ccccc1C2(c1cccc([N+](=O)[O-])c1)c1cccc([N+](=O)[O-])c1. The van der Waals surface area contributed by atoms with Crippen molar-refractivity contribution in [2.75, 3.05) is 0 Å². The van der Waals surface area contributed by atoms with E-state index >= 15 is 0 Å². The number of rotatable bonds is 5. The quantitative estimate of drug-likeness (QED) is 0.275. The van der Waals surface area contributed by atoms with Crippen molar-refractivity contribution in [3.63, 3.8) is 0 Å². The molecule has 0 aromatic heterocycles. The number of nitro groups is 2. The lowest BCUT2D eigenvalue weighted by Crippen LogP contribution is -2.29. The Kier molecular flexibility index (Phi) is 4.72. The number of fused-ring (bicyclic) bond motifs is 3. The Hall–Kier alpha value is -4.85. The van der Waals surface area contributed by atoms with Gasteiger partial charge >= 0.3 is 5.97 Å². The lowest BCUT2D eigenvalue weighted by atomic mass is 9.67. The standard InChI is InChI=1S/C26H16N2O6/c29-25(30)21-11-5-13-23-24(21)20-10-1-2-12-22(20)26(23,16-6-3-8-18(14-16)27(31)32)17-7-4-9-19(15-17)28(33)34/h1-15H,(H,29,30). The van der Waals surface area contributed by atoms with Gasteiger partial charge in [-0.15, -0.1) is 0 Å². The molecule has 0 atom stereocenters. The Morgan fingerprint density at radius 1 is 0.706 bits per heavy atom. The van der Waals surface area contributed by atoms with Gasteiger partial charge in [-0.3, -0.25) is 20.2 Å². The Morgan fingerprint density at radius 2 is 1.24 bits per heavy atom. The van der Waals surface area contributed by atoms with Crippen molar-refractivity contribution in [1.29, 1.82) is 0 Å². The van der Waals surface area contributed by atoms with Crippen LogP contribution in [0.1, 0.15) is 32.6 Å². The van der Waals surface area contributed by atoms with Crippen LogP contribution >= 0.6 is 0 Å². The number of benzene rings is 4. The molecule has 0 heterocycles. The van der Waals surface area contributed by atoms with Crippen LogP contribution in [0.3, 0.4) is 0 Å². The number of nitro benzene ring substituents is 2. The Bertz CT molecular complexity index is 1450. The highest BCUT2D eigenvalue weighted by atomic mass is 16.6. The van der Waals surface area contributed by atoms with E-state index in [-0.39, 0.29) is 16.9 Å². The normalized spacial score (nSPS) is 13.1. The molecule has 1 N–H and O–H groups in total. The van der Waals surface area contributed by atoms with Gasteiger partial charge in [0.05, 0.1) is 20.8 Å². The molecule has 8 heteroatoms. The molecule has 1 aliphatic rings. The van der Waals surface area contributed by atoms with Crippen LogP contribution in [0.2, 0.25) is 0 Å². The highest BCUT2D eigenvalue weighted by Gasteiger charge is 2.48. The summed E-state index contributed by atoms with van der Waals surface area (Å²) in [6, 6.07) is 24.4. The van der Waals surface area contributed by atoms with Gasteiger partial charge in [0.25, 0.3) is 11.4 Å². The van der Waals surface area contributed by atoms with Gasteiger partial charge in [0, 0.05) is 29.8 Å². The first-order valence-electron chi connectivity index (χ1n) is 10.3. The first kappa shape index (κ1) is 21.0. The summed E-state index contributed by atoms with van der Waals surface area (Å²) < 4.78 is 0. The lowest BCUT2D eigenvalue weighted by Gasteiger charge is -2.33. The van der Waals surface area contributed by atoms with Crippen molar-refractivity contribution in [3.05, 3.63) is 139 Å².